The Hall–Kier alpha value is -0.870. The van der Waals surface area contributed by atoms with E-state index in [4.69, 9.17) is 0 Å². The maximum absolute atomic E-state index is 4.68. The molecule has 0 saturated carbocycles. The molecular formula is C6H11N3O. The first-order valence-corrected chi connectivity index (χ1v) is 3.09. The Morgan fingerprint density at radius 1 is 1.80 bits per heavy atom. The number of rotatable bonds is 3. The molecule has 2 N–H and O–H groups in total. The molecule has 0 aliphatic rings. The van der Waals surface area contributed by atoms with Crippen LogP contribution in [0.25, 0.3) is 0 Å². The number of hydrogen-bond donors (Lipinski definition) is 2. The minimum absolute atomic E-state index is 0.693. The lowest BCUT2D eigenvalue weighted by Crippen LogP contribution is -2.10. The zero-order chi connectivity index (χ0) is 7.40. The number of aromatic nitrogens is 2. The summed E-state index contributed by atoms with van der Waals surface area (Å²) < 4.78 is 0. The number of nitrogens with one attached hydrogen (secondary N) is 2. The Balaban J connectivity index is 2.49. The van der Waals surface area contributed by atoms with Gasteiger partial charge in [0.1, 0.15) is 0 Å². The highest BCUT2D eigenvalue weighted by Gasteiger charge is 1.97. The van der Waals surface area contributed by atoms with E-state index in [0.717, 1.165) is 11.3 Å². The van der Waals surface area contributed by atoms with Crippen LogP contribution in [0.4, 0.5) is 0 Å². The predicted molar refractivity (Wildman–Crippen MR) is 37.2 cm³/mol. The fourth-order valence-electron chi connectivity index (χ4n) is 0.704. The van der Waals surface area contributed by atoms with Crippen LogP contribution in [0.2, 0.25) is 0 Å². The van der Waals surface area contributed by atoms with Gasteiger partial charge in [0.25, 0.3) is 0 Å². The first-order chi connectivity index (χ1) is 4.84. The van der Waals surface area contributed by atoms with E-state index in [1.54, 1.807) is 13.3 Å². The van der Waals surface area contributed by atoms with Crippen LogP contribution in [-0.2, 0) is 11.4 Å². The highest BCUT2D eigenvalue weighted by atomic mass is 16.6. The minimum atomic E-state index is 0.693. The van der Waals surface area contributed by atoms with Crippen LogP contribution in [0.15, 0.2) is 6.20 Å². The molecule has 0 amide bonds. The predicted octanol–water partition coefficient (Wildman–Crippen LogP) is 0.369. The SMILES string of the molecule is CONCc1cn[nH]c1C. The van der Waals surface area contributed by atoms with Crippen molar-refractivity contribution in [3.05, 3.63) is 17.5 Å². The molecule has 1 heterocycles. The largest absolute Gasteiger partial charge is 0.305 e. The lowest BCUT2D eigenvalue weighted by atomic mass is 10.3. The van der Waals surface area contributed by atoms with Gasteiger partial charge >= 0.3 is 0 Å². The average Bonchev–Trinajstić information content (AvgIpc) is 2.31. The topological polar surface area (TPSA) is 49.9 Å². The van der Waals surface area contributed by atoms with Gasteiger partial charge in [0.15, 0.2) is 0 Å². The van der Waals surface area contributed by atoms with E-state index in [-0.39, 0.29) is 0 Å². The van der Waals surface area contributed by atoms with Gasteiger partial charge < -0.3 is 4.84 Å². The summed E-state index contributed by atoms with van der Waals surface area (Å²) in [6.45, 7) is 2.67. The van der Waals surface area contributed by atoms with Gasteiger partial charge in [-0.2, -0.15) is 10.6 Å². The molecule has 0 aliphatic heterocycles. The Bertz CT molecular complexity index is 197. The van der Waals surface area contributed by atoms with Crippen LogP contribution in [0.3, 0.4) is 0 Å². The third-order valence-corrected chi connectivity index (χ3v) is 1.34. The van der Waals surface area contributed by atoms with E-state index in [1.807, 2.05) is 6.92 Å². The molecule has 0 spiro atoms. The number of hydrogen-bond acceptors (Lipinski definition) is 3. The van der Waals surface area contributed by atoms with Crippen molar-refractivity contribution >= 4 is 0 Å². The second kappa shape index (κ2) is 3.34. The summed E-state index contributed by atoms with van der Waals surface area (Å²) in [5.41, 5.74) is 4.93. The molecule has 10 heavy (non-hydrogen) atoms. The van der Waals surface area contributed by atoms with Crippen molar-refractivity contribution in [1.29, 1.82) is 0 Å². The average molecular weight is 141 g/mol. The first kappa shape index (κ1) is 7.24. The fraction of sp³-hybridized carbons (Fsp3) is 0.500. The molecule has 1 aromatic heterocycles. The number of hydroxylamine groups is 1. The van der Waals surface area contributed by atoms with E-state index < -0.39 is 0 Å². The van der Waals surface area contributed by atoms with Crippen LogP contribution >= 0.6 is 0 Å². The van der Waals surface area contributed by atoms with Gasteiger partial charge in [-0.3, -0.25) is 5.10 Å². The maximum Gasteiger partial charge on any atom is 0.0572 e. The molecule has 0 fully saturated rings. The molecule has 0 aromatic carbocycles. The summed E-state index contributed by atoms with van der Waals surface area (Å²) in [5, 5.41) is 6.69. The van der Waals surface area contributed by atoms with E-state index >= 15 is 0 Å². The van der Waals surface area contributed by atoms with E-state index in [9.17, 15) is 0 Å². The normalized spacial score (nSPS) is 10.2. The molecule has 0 saturated heterocycles. The van der Waals surface area contributed by atoms with Crippen molar-refractivity contribution < 1.29 is 4.84 Å². The number of nitrogens with zero attached hydrogens (tertiary/aromatic N) is 1. The third-order valence-electron chi connectivity index (χ3n) is 1.34. The lowest BCUT2D eigenvalue weighted by Gasteiger charge is -1.98. The van der Waals surface area contributed by atoms with Crippen molar-refractivity contribution in [3.8, 4) is 0 Å². The Morgan fingerprint density at radius 2 is 2.60 bits per heavy atom. The highest BCUT2D eigenvalue weighted by molar-refractivity contribution is 5.13. The summed E-state index contributed by atoms with van der Waals surface area (Å²) in [4.78, 5) is 4.68. The summed E-state index contributed by atoms with van der Waals surface area (Å²) in [6, 6.07) is 0. The Morgan fingerprint density at radius 3 is 3.10 bits per heavy atom. The maximum atomic E-state index is 4.68. The number of aryl methyl sites for hydroxylation is 1. The molecule has 0 unspecified atom stereocenters. The Labute approximate surface area is 59.5 Å². The van der Waals surface area contributed by atoms with Gasteiger partial charge in [-0.1, -0.05) is 0 Å². The van der Waals surface area contributed by atoms with E-state index in [2.05, 4.69) is 20.5 Å². The number of aromatic amines is 1. The molecule has 4 heteroatoms. The molecular weight excluding hydrogens is 130 g/mol. The molecule has 0 radical (unpaired) electrons. The van der Waals surface area contributed by atoms with Gasteiger partial charge in [0.05, 0.1) is 13.3 Å². The first-order valence-electron chi connectivity index (χ1n) is 3.09. The van der Waals surface area contributed by atoms with Crippen LogP contribution in [0.5, 0.6) is 0 Å². The second-order valence-corrected chi connectivity index (χ2v) is 2.05. The fourth-order valence-corrected chi connectivity index (χ4v) is 0.704. The molecule has 4 nitrogen and oxygen atoms in total. The van der Waals surface area contributed by atoms with Crippen molar-refractivity contribution in [2.24, 2.45) is 0 Å². The molecule has 56 valence electrons. The zero-order valence-electron chi connectivity index (χ0n) is 6.14. The van der Waals surface area contributed by atoms with E-state index in [0.29, 0.717) is 6.54 Å². The summed E-state index contributed by atoms with van der Waals surface area (Å²) in [6.07, 6.45) is 1.78. The molecule has 0 atom stereocenters. The quantitative estimate of drug-likeness (QED) is 0.598. The van der Waals surface area contributed by atoms with Gasteiger partial charge in [0, 0.05) is 17.8 Å². The summed E-state index contributed by atoms with van der Waals surface area (Å²) in [7, 11) is 1.59. The number of H-pyrrole nitrogens is 1. The molecule has 0 bridgehead atoms. The highest BCUT2D eigenvalue weighted by Crippen LogP contribution is 2.00. The summed E-state index contributed by atoms with van der Waals surface area (Å²) >= 11 is 0. The third kappa shape index (κ3) is 1.55. The van der Waals surface area contributed by atoms with Crippen LogP contribution in [0.1, 0.15) is 11.3 Å². The Kier molecular flexibility index (Phi) is 2.42. The van der Waals surface area contributed by atoms with Gasteiger partial charge in [0.2, 0.25) is 0 Å². The van der Waals surface area contributed by atoms with E-state index in [1.165, 1.54) is 0 Å². The van der Waals surface area contributed by atoms with Crippen molar-refractivity contribution in [1.82, 2.24) is 15.7 Å². The van der Waals surface area contributed by atoms with Crippen molar-refractivity contribution in [2.75, 3.05) is 7.11 Å². The summed E-state index contributed by atoms with van der Waals surface area (Å²) in [5.74, 6) is 0. The second-order valence-electron chi connectivity index (χ2n) is 2.05. The van der Waals surface area contributed by atoms with Crippen molar-refractivity contribution in [2.45, 2.75) is 13.5 Å². The van der Waals surface area contributed by atoms with Gasteiger partial charge in [-0.05, 0) is 6.92 Å². The molecule has 0 aliphatic carbocycles. The van der Waals surface area contributed by atoms with Crippen LogP contribution < -0.4 is 5.48 Å². The van der Waals surface area contributed by atoms with Gasteiger partial charge in [-0.15, -0.1) is 0 Å². The van der Waals surface area contributed by atoms with Crippen LogP contribution in [0, 0.1) is 6.92 Å². The van der Waals surface area contributed by atoms with Gasteiger partial charge in [-0.25, -0.2) is 0 Å². The smallest absolute Gasteiger partial charge is 0.0572 e. The molecule has 1 aromatic rings. The standard InChI is InChI=1S/C6H11N3O/c1-5-6(3-7-9-5)4-8-10-2/h3,8H,4H2,1-2H3,(H,7,9). The van der Waals surface area contributed by atoms with Crippen LogP contribution in [-0.4, -0.2) is 17.3 Å². The minimum Gasteiger partial charge on any atom is -0.305 e. The molecule has 1 rings (SSSR count). The monoisotopic (exact) mass is 141 g/mol. The zero-order valence-corrected chi connectivity index (χ0v) is 6.14. The lowest BCUT2D eigenvalue weighted by molar-refractivity contribution is 0.0866. The van der Waals surface area contributed by atoms with Crippen molar-refractivity contribution in [3.63, 3.8) is 0 Å².